The minimum atomic E-state index is -2.83. The Labute approximate surface area is 362 Å². The highest BCUT2D eigenvalue weighted by Gasteiger charge is 2.54. The monoisotopic (exact) mass is 806 g/mol. The number of nitrogens with zero attached hydrogens (tertiary/aromatic N) is 4. The van der Waals surface area contributed by atoms with E-state index in [1.54, 1.807) is 0 Å². The minimum absolute atomic E-state index is 0.638. The van der Waals surface area contributed by atoms with Gasteiger partial charge in [0.1, 0.15) is 0 Å². The Morgan fingerprint density at radius 2 is 0.613 bits per heavy atom. The lowest BCUT2D eigenvalue weighted by molar-refractivity contribution is 1.07. The summed E-state index contributed by atoms with van der Waals surface area (Å²) in [7, 11) is -2.83. The zero-order valence-corrected chi connectivity index (χ0v) is 34.7. The van der Waals surface area contributed by atoms with Crippen molar-refractivity contribution in [2.75, 3.05) is 4.90 Å². The molecule has 12 rings (SSSR count). The van der Waals surface area contributed by atoms with E-state index in [4.69, 9.17) is 15.0 Å². The Balaban J connectivity index is 1.03. The molecule has 0 N–H and O–H groups in total. The number of anilines is 3. The van der Waals surface area contributed by atoms with Crippen LogP contribution in [0, 0.1) is 0 Å². The number of aromatic nitrogens is 3. The van der Waals surface area contributed by atoms with Crippen LogP contribution in [-0.4, -0.2) is 23.0 Å². The van der Waals surface area contributed by atoms with Crippen molar-refractivity contribution >= 4 is 45.9 Å². The molecule has 0 unspecified atom stereocenters. The van der Waals surface area contributed by atoms with E-state index in [9.17, 15) is 0 Å². The fourth-order valence-corrected chi connectivity index (χ4v) is 15.2. The Bertz CT molecular complexity index is 3090. The first-order chi connectivity index (χ1) is 30.7. The lowest BCUT2D eigenvalue weighted by Crippen LogP contribution is -2.75. The predicted octanol–water partition coefficient (Wildman–Crippen LogP) is 11.3. The molecule has 290 valence electrons. The molecule has 0 fully saturated rings. The van der Waals surface area contributed by atoms with Gasteiger partial charge in [0.2, 0.25) is 0 Å². The summed E-state index contributed by atoms with van der Waals surface area (Å²) < 4.78 is 0. The molecule has 0 saturated heterocycles. The van der Waals surface area contributed by atoms with Crippen LogP contribution in [-0.2, 0) is 0 Å². The van der Waals surface area contributed by atoms with Gasteiger partial charge in [-0.3, -0.25) is 0 Å². The highest BCUT2D eigenvalue weighted by molar-refractivity contribution is 7.23. The summed E-state index contributed by atoms with van der Waals surface area (Å²) >= 11 is 0. The second kappa shape index (κ2) is 14.6. The van der Waals surface area contributed by atoms with Crippen LogP contribution in [0.2, 0.25) is 0 Å². The molecule has 0 amide bonds. The minimum Gasteiger partial charge on any atom is -0.311 e. The van der Waals surface area contributed by atoms with Crippen molar-refractivity contribution in [1.29, 1.82) is 0 Å². The predicted molar refractivity (Wildman–Crippen MR) is 258 cm³/mol. The maximum absolute atomic E-state index is 5.02. The number of hydrogen-bond acceptors (Lipinski definition) is 4. The molecular formula is C57H38N4Si. The van der Waals surface area contributed by atoms with Gasteiger partial charge in [0, 0.05) is 33.8 Å². The van der Waals surface area contributed by atoms with Crippen LogP contribution < -0.4 is 25.6 Å². The molecule has 4 nitrogen and oxygen atoms in total. The molecule has 0 aliphatic carbocycles. The summed E-state index contributed by atoms with van der Waals surface area (Å²) in [4.78, 5) is 17.4. The Morgan fingerprint density at radius 1 is 0.274 bits per heavy atom. The third-order valence-corrected chi connectivity index (χ3v) is 17.5. The van der Waals surface area contributed by atoms with E-state index >= 15 is 0 Å². The highest BCUT2D eigenvalue weighted by Crippen LogP contribution is 2.43. The van der Waals surface area contributed by atoms with Crippen LogP contribution in [0.4, 0.5) is 17.1 Å². The molecule has 1 aromatic heterocycles. The normalized spacial score (nSPS) is 12.9. The Morgan fingerprint density at radius 3 is 1.03 bits per heavy atom. The van der Waals surface area contributed by atoms with Crippen molar-refractivity contribution < 1.29 is 0 Å². The first kappa shape index (κ1) is 35.9. The summed E-state index contributed by atoms with van der Waals surface area (Å²) in [6, 6.07) is 83.3. The molecule has 10 aromatic rings. The molecule has 5 heteroatoms. The average Bonchev–Trinajstić information content (AvgIpc) is 3.64. The van der Waals surface area contributed by atoms with Gasteiger partial charge in [-0.05, 0) is 103 Å². The summed E-state index contributed by atoms with van der Waals surface area (Å²) in [5.74, 6) is 1.94. The van der Waals surface area contributed by atoms with E-state index in [2.05, 4.69) is 175 Å². The van der Waals surface area contributed by atoms with Crippen molar-refractivity contribution in [3.63, 3.8) is 0 Å². The fourth-order valence-electron chi connectivity index (χ4n) is 9.76. The fraction of sp³-hybridized carbons (Fsp3) is 0. The summed E-state index contributed by atoms with van der Waals surface area (Å²) in [6.45, 7) is 0. The molecule has 0 bridgehead atoms. The molecule has 1 spiro atoms. The van der Waals surface area contributed by atoms with E-state index < -0.39 is 8.07 Å². The third kappa shape index (κ3) is 5.70. The molecule has 2 aliphatic heterocycles. The van der Waals surface area contributed by atoms with Crippen molar-refractivity contribution in [3.8, 4) is 67.5 Å². The second-order valence-electron chi connectivity index (χ2n) is 16.0. The van der Waals surface area contributed by atoms with Gasteiger partial charge in [0.05, 0.1) is 0 Å². The Hall–Kier alpha value is -7.99. The molecule has 0 atom stereocenters. The zero-order valence-electron chi connectivity index (χ0n) is 33.7. The van der Waals surface area contributed by atoms with E-state index in [1.165, 1.54) is 65.5 Å². The zero-order chi connectivity index (χ0) is 41.0. The number of para-hydroxylation sites is 2. The van der Waals surface area contributed by atoms with Gasteiger partial charge in [-0.25, -0.2) is 15.0 Å². The summed E-state index contributed by atoms with van der Waals surface area (Å²) in [6.07, 6.45) is 0. The standard InChI is InChI=1S/C57H38N4Si/c1-5-17-39(18-6-1)44-31-35-51-47(37-44)48-38-45(40-19-7-2-8-20-40)32-36-52(48)62(51)53-27-15-13-25-49(53)61(50-26-14-16-28-54(50)62)46-33-29-43(30-34-46)57-59-55(41-21-9-3-10-22-41)58-56(60-57)42-23-11-4-12-24-42/h1-38H. The molecule has 62 heavy (non-hydrogen) atoms. The van der Waals surface area contributed by atoms with Gasteiger partial charge in [0.25, 0.3) is 0 Å². The van der Waals surface area contributed by atoms with E-state index in [0.29, 0.717) is 17.5 Å². The van der Waals surface area contributed by atoms with Crippen molar-refractivity contribution in [1.82, 2.24) is 15.0 Å². The van der Waals surface area contributed by atoms with E-state index in [-0.39, 0.29) is 0 Å². The smallest absolute Gasteiger partial charge is 0.185 e. The van der Waals surface area contributed by atoms with E-state index in [1.807, 2.05) is 60.7 Å². The lowest BCUT2D eigenvalue weighted by Gasteiger charge is -2.43. The molecule has 2 aliphatic rings. The van der Waals surface area contributed by atoms with Crippen LogP contribution in [0.15, 0.2) is 231 Å². The topological polar surface area (TPSA) is 41.9 Å². The van der Waals surface area contributed by atoms with Crippen LogP contribution in [0.25, 0.3) is 67.5 Å². The van der Waals surface area contributed by atoms with Gasteiger partial charge >= 0.3 is 0 Å². The SMILES string of the molecule is c1ccc(-c2ccc3c(c2)-c2cc(-c4ccccc4)ccc2[Si]32c3ccccc3N(c3ccc(-c4nc(-c5ccccc5)nc(-c5ccccc5)n4)cc3)c3ccccc32)cc1. The summed E-state index contributed by atoms with van der Waals surface area (Å²) in [5, 5.41) is 5.65. The molecular weight excluding hydrogens is 769 g/mol. The highest BCUT2D eigenvalue weighted by atomic mass is 28.3. The maximum Gasteiger partial charge on any atom is 0.185 e. The Kier molecular flexibility index (Phi) is 8.47. The largest absolute Gasteiger partial charge is 0.311 e. The number of benzene rings is 9. The molecule has 0 saturated carbocycles. The van der Waals surface area contributed by atoms with Crippen molar-refractivity contribution in [2.24, 2.45) is 0 Å². The molecule has 3 heterocycles. The van der Waals surface area contributed by atoms with Gasteiger partial charge in [-0.2, -0.15) is 0 Å². The van der Waals surface area contributed by atoms with Crippen LogP contribution in [0.1, 0.15) is 0 Å². The second-order valence-corrected chi connectivity index (χ2v) is 19.6. The third-order valence-electron chi connectivity index (χ3n) is 12.5. The van der Waals surface area contributed by atoms with E-state index in [0.717, 1.165) is 22.4 Å². The summed E-state index contributed by atoms with van der Waals surface area (Å²) in [5.41, 5.74) is 13.9. The van der Waals surface area contributed by atoms with Gasteiger partial charge in [-0.15, -0.1) is 0 Å². The number of fused-ring (bicyclic) bond motifs is 9. The lowest BCUT2D eigenvalue weighted by atomic mass is 9.96. The number of hydrogen-bond donors (Lipinski definition) is 0. The van der Waals surface area contributed by atoms with Crippen LogP contribution in [0.5, 0.6) is 0 Å². The maximum atomic E-state index is 5.02. The first-order valence-electron chi connectivity index (χ1n) is 21.1. The van der Waals surface area contributed by atoms with Crippen molar-refractivity contribution in [2.45, 2.75) is 0 Å². The van der Waals surface area contributed by atoms with Crippen molar-refractivity contribution in [3.05, 3.63) is 231 Å². The van der Waals surface area contributed by atoms with Gasteiger partial charge < -0.3 is 4.90 Å². The average molecular weight is 807 g/mol. The van der Waals surface area contributed by atoms with Crippen LogP contribution in [0.3, 0.4) is 0 Å². The van der Waals surface area contributed by atoms with Gasteiger partial charge in [-0.1, -0.05) is 182 Å². The molecule has 0 radical (unpaired) electrons. The van der Waals surface area contributed by atoms with Crippen LogP contribution >= 0.6 is 0 Å². The first-order valence-corrected chi connectivity index (χ1v) is 23.1. The quantitative estimate of drug-likeness (QED) is 0.157. The van der Waals surface area contributed by atoms with Gasteiger partial charge in [0.15, 0.2) is 25.5 Å². The molecule has 9 aromatic carbocycles. The number of rotatable bonds is 6.